The van der Waals surface area contributed by atoms with Gasteiger partial charge < -0.3 is 0 Å². The number of rotatable bonds is 6. The van der Waals surface area contributed by atoms with Gasteiger partial charge in [-0.25, -0.2) is 16.8 Å². The van der Waals surface area contributed by atoms with E-state index in [1.165, 1.54) is 4.31 Å². The van der Waals surface area contributed by atoms with Gasteiger partial charge in [0.2, 0.25) is 10.0 Å². The molecule has 0 aliphatic carbocycles. The average Bonchev–Trinajstić information content (AvgIpc) is 2.63. The molecule has 0 fully saturated rings. The van der Waals surface area contributed by atoms with Crippen molar-refractivity contribution in [2.75, 3.05) is 17.0 Å². The molecule has 29 heavy (non-hydrogen) atoms. The number of sulfonamides is 2. The molecule has 0 amide bonds. The van der Waals surface area contributed by atoms with Crippen LogP contribution in [-0.2, 0) is 33.0 Å². The Morgan fingerprint density at radius 1 is 0.931 bits per heavy atom. The molecule has 0 saturated carbocycles. The number of hydrogen-bond donors (Lipinski definition) is 1. The van der Waals surface area contributed by atoms with Crippen molar-refractivity contribution in [3.05, 3.63) is 58.1 Å². The molecule has 6 nitrogen and oxygen atoms in total. The van der Waals surface area contributed by atoms with Gasteiger partial charge >= 0.3 is 0 Å². The molecule has 0 atom stereocenters. The second-order valence-electron chi connectivity index (χ2n) is 7.69. The molecule has 3 rings (SSSR count). The van der Waals surface area contributed by atoms with Crippen molar-refractivity contribution in [2.24, 2.45) is 0 Å². The van der Waals surface area contributed by atoms with Gasteiger partial charge in [-0.3, -0.25) is 4.72 Å². The molecule has 8 heteroatoms. The van der Waals surface area contributed by atoms with Crippen molar-refractivity contribution in [1.29, 1.82) is 0 Å². The van der Waals surface area contributed by atoms with E-state index >= 15 is 0 Å². The van der Waals surface area contributed by atoms with Crippen molar-refractivity contribution in [1.82, 2.24) is 4.31 Å². The van der Waals surface area contributed by atoms with E-state index in [0.29, 0.717) is 30.6 Å². The maximum absolute atomic E-state index is 12.9. The number of aryl methyl sites for hydroxylation is 3. The van der Waals surface area contributed by atoms with Gasteiger partial charge in [0, 0.05) is 18.8 Å². The van der Waals surface area contributed by atoms with E-state index in [9.17, 15) is 16.8 Å². The first kappa shape index (κ1) is 21.8. The van der Waals surface area contributed by atoms with Gasteiger partial charge in [-0.2, -0.15) is 4.31 Å². The molecule has 2 aromatic rings. The Bertz CT molecular complexity index is 1140. The molecule has 2 aromatic carbocycles. The van der Waals surface area contributed by atoms with Gasteiger partial charge in [0.05, 0.1) is 10.6 Å². The zero-order valence-electron chi connectivity index (χ0n) is 17.3. The largest absolute Gasteiger partial charge is 0.280 e. The minimum absolute atomic E-state index is 0.126. The van der Waals surface area contributed by atoms with E-state index < -0.39 is 20.0 Å². The average molecular weight is 437 g/mol. The predicted molar refractivity (Wildman–Crippen MR) is 116 cm³/mol. The molecule has 1 heterocycles. The van der Waals surface area contributed by atoms with Crippen molar-refractivity contribution >= 4 is 25.7 Å². The van der Waals surface area contributed by atoms with Gasteiger partial charge in [-0.15, -0.1) is 0 Å². The fourth-order valence-corrected chi connectivity index (χ4v) is 6.49. The topological polar surface area (TPSA) is 83.6 Å². The SMILES string of the molecule is CCCS(=O)(=O)N1CCc2ccc(NS(=O)(=O)c3cc(C)c(C)cc3C)cc2C1. The highest BCUT2D eigenvalue weighted by Crippen LogP contribution is 2.27. The normalized spacial score (nSPS) is 15.2. The fraction of sp³-hybridized carbons (Fsp3) is 0.429. The lowest BCUT2D eigenvalue weighted by Crippen LogP contribution is -2.37. The lowest BCUT2D eigenvalue weighted by molar-refractivity contribution is 0.391. The summed E-state index contributed by atoms with van der Waals surface area (Å²) in [5, 5.41) is 0. The minimum atomic E-state index is -3.74. The zero-order chi connectivity index (χ0) is 21.4. The Morgan fingerprint density at radius 2 is 1.62 bits per heavy atom. The van der Waals surface area contributed by atoms with Crippen LogP contribution < -0.4 is 4.72 Å². The highest BCUT2D eigenvalue weighted by Gasteiger charge is 2.26. The number of benzene rings is 2. The third-order valence-electron chi connectivity index (χ3n) is 5.37. The Balaban J connectivity index is 1.88. The van der Waals surface area contributed by atoms with E-state index in [-0.39, 0.29) is 17.2 Å². The lowest BCUT2D eigenvalue weighted by atomic mass is 10.0. The zero-order valence-corrected chi connectivity index (χ0v) is 19.0. The Labute approximate surface area is 174 Å². The van der Waals surface area contributed by atoms with Gasteiger partial charge in [-0.1, -0.05) is 19.1 Å². The molecule has 0 saturated heterocycles. The number of fused-ring (bicyclic) bond motifs is 1. The molecule has 1 N–H and O–H groups in total. The first-order valence-corrected chi connectivity index (χ1v) is 12.8. The van der Waals surface area contributed by atoms with Crippen LogP contribution in [0.1, 0.15) is 41.2 Å². The van der Waals surface area contributed by atoms with Crippen LogP contribution >= 0.6 is 0 Å². The third-order valence-corrected chi connectivity index (χ3v) is 8.92. The summed E-state index contributed by atoms with van der Waals surface area (Å²) in [4.78, 5) is 0.255. The van der Waals surface area contributed by atoms with Crippen LogP contribution in [0.15, 0.2) is 35.2 Å². The molecule has 1 aliphatic rings. The van der Waals surface area contributed by atoms with Crippen LogP contribution in [0.4, 0.5) is 5.69 Å². The van der Waals surface area contributed by atoms with Gasteiger partial charge in [-0.05, 0) is 79.6 Å². The quantitative estimate of drug-likeness (QED) is 0.751. The number of hydrogen-bond acceptors (Lipinski definition) is 4. The molecule has 0 radical (unpaired) electrons. The first-order valence-electron chi connectivity index (χ1n) is 9.74. The Hall–Kier alpha value is -1.90. The van der Waals surface area contributed by atoms with Crippen molar-refractivity contribution < 1.29 is 16.8 Å². The van der Waals surface area contributed by atoms with E-state index in [2.05, 4.69) is 4.72 Å². The Kier molecular flexibility index (Phi) is 6.08. The molecular weight excluding hydrogens is 408 g/mol. The van der Waals surface area contributed by atoms with Gasteiger partial charge in [0.15, 0.2) is 0 Å². The summed E-state index contributed by atoms with van der Waals surface area (Å²) < 4.78 is 54.8. The summed E-state index contributed by atoms with van der Waals surface area (Å²) in [7, 11) is -7.03. The summed E-state index contributed by atoms with van der Waals surface area (Å²) in [6.45, 7) is 8.20. The summed E-state index contributed by atoms with van der Waals surface area (Å²) in [5.74, 6) is 0.126. The monoisotopic (exact) mass is 436 g/mol. The molecule has 0 bridgehead atoms. The van der Waals surface area contributed by atoms with E-state index in [1.54, 1.807) is 25.1 Å². The van der Waals surface area contributed by atoms with Crippen LogP contribution in [0.3, 0.4) is 0 Å². The second-order valence-corrected chi connectivity index (χ2v) is 11.4. The van der Waals surface area contributed by atoms with E-state index in [1.807, 2.05) is 32.9 Å². The summed E-state index contributed by atoms with van der Waals surface area (Å²) >= 11 is 0. The van der Waals surface area contributed by atoms with Crippen molar-refractivity contribution in [3.63, 3.8) is 0 Å². The van der Waals surface area contributed by atoms with Crippen LogP contribution in [0.5, 0.6) is 0 Å². The highest BCUT2D eigenvalue weighted by molar-refractivity contribution is 7.92. The second kappa shape index (κ2) is 8.08. The van der Waals surface area contributed by atoms with Gasteiger partial charge in [0.1, 0.15) is 0 Å². The maximum atomic E-state index is 12.9. The van der Waals surface area contributed by atoms with Gasteiger partial charge in [0.25, 0.3) is 10.0 Å². The Morgan fingerprint density at radius 3 is 2.31 bits per heavy atom. The number of anilines is 1. The van der Waals surface area contributed by atoms with Crippen molar-refractivity contribution in [3.8, 4) is 0 Å². The highest BCUT2D eigenvalue weighted by atomic mass is 32.2. The number of nitrogens with zero attached hydrogens (tertiary/aromatic N) is 1. The molecule has 0 unspecified atom stereocenters. The number of nitrogens with one attached hydrogen (secondary N) is 1. The maximum Gasteiger partial charge on any atom is 0.262 e. The molecule has 0 spiro atoms. The minimum Gasteiger partial charge on any atom is -0.280 e. The third kappa shape index (κ3) is 4.65. The summed E-state index contributed by atoms with van der Waals surface area (Å²) in [6.07, 6.45) is 1.20. The smallest absolute Gasteiger partial charge is 0.262 e. The van der Waals surface area contributed by atoms with E-state index in [0.717, 1.165) is 22.3 Å². The van der Waals surface area contributed by atoms with Crippen molar-refractivity contribution in [2.45, 2.75) is 52.0 Å². The van der Waals surface area contributed by atoms with Crippen LogP contribution in [-0.4, -0.2) is 33.4 Å². The first-order chi connectivity index (χ1) is 13.5. The summed E-state index contributed by atoms with van der Waals surface area (Å²) in [6, 6.07) is 8.92. The molecular formula is C21H28N2O4S2. The molecule has 0 aromatic heterocycles. The molecule has 158 valence electrons. The predicted octanol–water partition coefficient (Wildman–Crippen LogP) is 3.51. The lowest BCUT2D eigenvalue weighted by Gasteiger charge is -2.28. The van der Waals surface area contributed by atoms with Crippen LogP contribution in [0.2, 0.25) is 0 Å². The fourth-order valence-electron chi connectivity index (χ4n) is 3.65. The van der Waals surface area contributed by atoms with Crippen LogP contribution in [0.25, 0.3) is 0 Å². The standard InChI is InChI=1S/C21H28N2O4S2/c1-5-10-28(24,25)23-9-8-18-6-7-20(13-19(18)14-23)22-29(26,27)21-12-16(3)15(2)11-17(21)4/h6-7,11-13,22H,5,8-10,14H2,1-4H3. The van der Waals surface area contributed by atoms with Crippen LogP contribution in [0, 0.1) is 20.8 Å². The summed E-state index contributed by atoms with van der Waals surface area (Å²) in [5.41, 5.74) is 4.99. The van der Waals surface area contributed by atoms with E-state index in [4.69, 9.17) is 0 Å². The molecule has 1 aliphatic heterocycles.